The van der Waals surface area contributed by atoms with Gasteiger partial charge in [0, 0.05) is 5.02 Å². The summed E-state index contributed by atoms with van der Waals surface area (Å²) in [4.78, 5) is 38.7. The molecular weight excluding hydrogens is 543 g/mol. The molecule has 0 bridgehead atoms. The first kappa shape index (κ1) is 26.2. The number of amides is 4. The number of barbiturate groups is 1. The fraction of sp³-hybridized carbons (Fsp3) is 0.0800. The van der Waals surface area contributed by atoms with Crippen LogP contribution in [0.15, 0.2) is 77.2 Å². The van der Waals surface area contributed by atoms with Crippen LogP contribution in [-0.2, 0) is 19.7 Å². The lowest BCUT2D eigenvalue weighted by molar-refractivity contribution is -0.122. The van der Waals surface area contributed by atoms with Gasteiger partial charge in [0.15, 0.2) is 5.75 Å². The number of nitrogens with zero attached hydrogens (tertiary/aromatic N) is 1. The second-order valence-electron chi connectivity index (χ2n) is 7.55. The zero-order valence-corrected chi connectivity index (χ0v) is 21.4. The number of rotatable bonds is 7. The number of anilines is 1. The molecule has 1 fully saturated rings. The summed E-state index contributed by atoms with van der Waals surface area (Å²) in [5, 5.41) is 2.25. The minimum atomic E-state index is -4.23. The molecule has 0 atom stereocenters. The summed E-state index contributed by atoms with van der Waals surface area (Å²) in [5.41, 5.74) is 0.0109. The van der Waals surface area contributed by atoms with E-state index in [-0.39, 0.29) is 49.9 Å². The van der Waals surface area contributed by atoms with Gasteiger partial charge in [0.05, 0.1) is 17.3 Å². The number of urea groups is 1. The van der Waals surface area contributed by atoms with Crippen molar-refractivity contribution in [2.75, 3.05) is 11.5 Å². The van der Waals surface area contributed by atoms with Crippen LogP contribution in [0.1, 0.15) is 12.5 Å². The number of carbonyl (C=O) groups excluding carboxylic acids is 3. The second-order valence-corrected chi connectivity index (χ2v) is 9.94. The van der Waals surface area contributed by atoms with E-state index >= 15 is 0 Å². The van der Waals surface area contributed by atoms with Crippen molar-refractivity contribution in [1.82, 2.24) is 5.32 Å². The summed E-state index contributed by atoms with van der Waals surface area (Å²) >= 11 is 12.3. The number of halogens is 2. The van der Waals surface area contributed by atoms with E-state index in [0.29, 0.717) is 0 Å². The van der Waals surface area contributed by atoms with Crippen LogP contribution in [-0.4, -0.2) is 32.9 Å². The first-order chi connectivity index (χ1) is 17.6. The second kappa shape index (κ2) is 10.6. The van der Waals surface area contributed by atoms with E-state index in [4.69, 9.17) is 32.1 Å². The normalized spacial score (nSPS) is 15.1. The Morgan fingerprint density at radius 3 is 2.38 bits per heavy atom. The van der Waals surface area contributed by atoms with Gasteiger partial charge in [-0.3, -0.25) is 14.9 Å². The summed E-state index contributed by atoms with van der Waals surface area (Å²) in [6.45, 7) is 1.80. The van der Waals surface area contributed by atoms with Crippen LogP contribution < -0.4 is 19.1 Å². The average Bonchev–Trinajstić information content (AvgIpc) is 2.84. The summed E-state index contributed by atoms with van der Waals surface area (Å²) in [6.07, 6.45) is 1.20. The van der Waals surface area contributed by atoms with E-state index in [1.807, 2.05) is 0 Å². The largest absolute Gasteiger partial charge is 0.490 e. The van der Waals surface area contributed by atoms with Gasteiger partial charge in [-0.05, 0) is 61.0 Å². The molecule has 1 heterocycles. The Morgan fingerprint density at radius 1 is 0.973 bits per heavy atom. The predicted molar refractivity (Wildman–Crippen MR) is 137 cm³/mol. The Morgan fingerprint density at radius 2 is 1.70 bits per heavy atom. The Kier molecular flexibility index (Phi) is 7.53. The molecule has 4 amide bonds. The van der Waals surface area contributed by atoms with Gasteiger partial charge < -0.3 is 8.92 Å². The topological polar surface area (TPSA) is 119 Å². The van der Waals surface area contributed by atoms with Crippen molar-refractivity contribution in [2.24, 2.45) is 0 Å². The minimum absolute atomic E-state index is 0.0344. The third-order valence-corrected chi connectivity index (χ3v) is 6.79. The predicted octanol–water partition coefficient (Wildman–Crippen LogP) is 4.83. The van der Waals surface area contributed by atoms with Crippen LogP contribution in [0.3, 0.4) is 0 Å². The zero-order valence-electron chi connectivity index (χ0n) is 19.1. The van der Waals surface area contributed by atoms with Crippen molar-refractivity contribution in [2.45, 2.75) is 11.8 Å². The van der Waals surface area contributed by atoms with Crippen LogP contribution in [0.5, 0.6) is 11.5 Å². The standard InChI is InChI=1S/C25H18Cl2N2O7S/c1-2-35-21-13-15(12-20(27)22(21)36-37(33,34)18-9-4-3-5-10-18)11-19-23(30)28-25(32)29(24(19)31)17-8-6-7-16(26)14-17/h3-14H,2H2,1H3,(H,28,30,32)/b19-11+. The molecule has 9 nitrogen and oxygen atoms in total. The molecule has 1 aliphatic rings. The van der Waals surface area contributed by atoms with Crippen molar-refractivity contribution in [3.05, 3.63) is 87.9 Å². The number of carbonyl (C=O) groups is 3. The van der Waals surface area contributed by atoms with Crippen molar-refractivity contribution in [1.29, 1.82) is 0 Å². The first-order valence-corrected chi connectivity index (χ1v) is 12.9. The molecule has 4 rings (SSSR count). The Bertz CT molecular complexity index is 1540. The highest BCUT2D eigenvalue weighted by Gasteiger charge is 2.37. The molecule has 1 aliphatic heterocycles. The van der Waals surface area contributed by atoms with E-state index in [1.165, 1.54) is 42.5 Å². The van der Waals surface area contributed by atoms with Crippen LogP contribution in [0, 0.1) is 0 Å². The summed E-state index contributed by atoms with van der Waals surface area (Å²) in [5.74, 6) is -2.11. The van der Waals surface area contributed by atoms with Crippen molar-refractivity contribution < 1.29 is 31.7 Å². The van der Waals surface area contributed by atoms with Gasteiger partial charge in [0.1, 0.15) is 10.5 Å². The molecule has 1 N–H and O–H groups in total. The molecule has 0 saturated carbocycles. The van der Waals surface area contributed by atoms with E-state index in [0.717, 1.165) is 4.90 Å². The van der Waals surface area contributed by atoms with Crippen molar-refractivity contribution in [3.8, 4) is 11.5 Å². The molecule has 3 aromatic rings. The summed E-state index contributed by atoms with van der Waals surface area (Å²) in [6, 6.07) is 15.2. The van der Waals surface area contributed by atoms with E-state index in [2.05, 4.69) is 5.32 Å². The molecule has 12 heteroatoms. The van der Waals surface area contributed by atoms with E-state index in [1.54, 1.807) is 37.3 Å². The van der Waals surface area contributed by atoms with Crippen LogP contribution in [0.2, 0.25) is 10.0 Å². The summed E-state index contributed by atoms with van der Waals surface area (Å²) in [7, 11) is -4.23. The number of nitrogens with one attached hydrogen (secondary N) is 1. The molecule has 1 saturated heterocycles. The van der Waals surface area contributed by atoms with E-state index in [9.17, 15) is 22.8 Å². The number of hydrogen-bond acceptors (Lipinski definition) is 7. The molecular formula is C25H18Cl2N2O7S. The number of benzene rings is 3. The van der Waals surface area contributed by atoms with Gasteiger partial charge in [-0.2, -0.15) is 8.42 Å². The lowest BCUT2D eigenvalue weighted by atomic mass is 10.1. The van der Waals surface area contributed by atoms with Gasteiger partial charge in [0.2, 0.25) is 5.75 Å². The van der Waals surface area contributed by atoms with Gasteiger partial charge in [-0.1, -0.05) is 47.5 Å². The Hall–Kier alpha value is -3.86. The SMILES string of the molecule is CCOc1cc(/C=C2\C(=O)NC(=O)N(c3cccc(Cl)c3)C2=O)cc(Cl)c1OS(=O)(=O)c1ccccc1. The molecule has 0 aromatic heterocycles. The lowest BCUT2D eigenvalue weighted by Crippen LogP contribution is -2.54. The third kappa shape index (κ3) is 5.61. The lowest BCUT2D eigenvalue weighted by Gasteiger charge is -2.26. The monoisotopic (exact) mass is 560 g/mol. The van der Waals surface area contributed by atoms with Crippen LogP contribution in [0.4, 0.5) is 10.5 Å². The maximum absolute atomic E-state index is 13.1. The first-order valence-electron chi connectivity index (χ1n) is 10.7. The quantitative estimate of drug-likeness (QED) is 0.250. The maximum atomic E-state index is 13.1. The molecule has 0 unspecified atom stereocenters. The highest BCUT2D eigenvalue weighted by atomic mass is 35.5. The molecule has 0 spiro atoms. The third-order valence-electron chi connectivity index (χ3n) is 5.04. The molecule has 3 aromatic carbocycles. The fourth-order valence-corrected chi connectivity index (χ4v) is 4.90. The number of imide groups is 2. The number of hydrogen-bond donors (Lipinski definition) is 1. The van der Waals surface area contributed by atoms with Crippen LogP contribution in [0.25, 0.3) is 6.08 Å². The zero-order chi connectivity index (χ0) is 26.7. The summed E-state index contributed by atoms with van der Waals surface area (Å²) < 4.78 is 36.3. The van der Waals surface area contributed by atoms with Gasteiger partial charge >= 0.3 is 16.1 Å². The smallest absolute Gasteiger partial charge is 0.339 e. The highest BCUT2D eigenvalue weighted by Crippen LogP contribution is 2.39. The van der Waals surface area contributed by atoms with Crippen molar-refractivity contribution in [3.63, 3.8) is 0 Å². The fourth-order valence-electron chi connectivity index (χ4n) is 3.43. The average molecular weight is 561 g/mol. The molecule has 190 valence electrons. The number of ether oxygens (including phenoxy) is 1. The highest BCUT2D eigenvalue weighted by molar-refractivity contribution is 7.87. The molecule has 0 aliphatic carbocycles. The van der Waals surface area contributed by atoms with Crippen LogP contribution >= 0.6 is 23.2 Å². The minimum Gasteiger partial charge on any atom is -0.490 e. The Balaban J connectivity index is 1.73. The van der Waals surface area contributed by atoms with E-state index < -0.39 is 28.0 Å². The van der Waals surface area contributed by atoms with Gasteiger partial charge in [0.25, 0.3) is 11.8 Å². The van der Waals surface area contributed by atoms with Crippen molar-refractivity contribution >= 4 is 62.9 Å². The van der Waals surface area contributed by atoms with Gasteiger partial charge in [-0.25, -0.2) is 9.69 Å². The maximum Gasteiger partial charge on any atom is 0.339 e. The molecule has 0 radical (unpaired) electrons. The Labute approximate surface area is 222 Å². The van der Waals surface area contributed by atoms with Gasteiger partial charge in [-0.15, -0.1) is 0 Å². The molecule has 37 heavy (non-hydrogen) atoms.